The summed E-state index contributed by atoms with van der Waals surface area (Å²) in [6.07, 6.45) is 6.37. The molecule has 1 fully saturated rings. The zero-order chi connectivity index (χ0) is 20.6. The first kappa shape index (κ1) is 20.8. The van der Waals surface area contributed by atoms with Gasteiger partial charge in [-0.2, -0.15) is 0 Å². The first-order valence-electron chi connectivity index (χ1n) is 10.3. The van der Waals surface area contributed by atoms with Gasteiger partial charge in [0.15, 0.2) is 0 Å². The van der Waals surface area contributed by atoms with Gasteiger partial charge in [-0.1, -0.05) is 18.2 Å². The van der Waals surface area contributed by atoms with Crippen molar-refractivity contribution in [1.82, 2.24) is 10.3 Å². The van der Waals surface area contributed by atoms with E-state index in [1.165, 1.54) is 0 Å². The Bertz CT molecular complexity index is 815. The monoisotopic (exact) mass is 395 g/mol. The molecule has 1 aliphatic carbocycles. The molecule has 2 amide bonds. The Kier molecular flexibility index (Phi) is 7.22. The van der Waals surface area contributed by atoms with Gasteiger partial charge in [-0.15, -0.1) is 0 Å². The number of amides is 2. The molecule has 6 nitrogen and oxygen atoms in total. The molecule has 2 N–H and O–H groups in total. The summed E-state index contributed by atoms with van der Waals surface area (Å²) in [5.41, 5.74) is 1.68. The van der Waals surface area contributed by atoms with Gasteiger partial charge in [-0.3, -0.25) is 14.6 Å². The summed E-state index contributed by atoms with van der Waals surface area (Å²) in [5, 5.41) is 5.99. The Morgan fingerprint density at radius 3 is 2.38 bits per heavy atom. The molecule has 0 bridgehead atoms. The van der Waals surface area contributed by atoms with E-state index in [0.717, 1.165) is 18.4 Å². The Labute approximate surface area is 172 Å². The summed E-state index contributed by atoms with van der Waals surface area (Å²) in [6.45, 7) is 4.40. The molecular weight excluding hydrogens is 366 g/mol. The van der Waals surface area contributed by atoms with Gasteiger partial charge in [0.2, 0.25) is 11.8 Å². The average Bonchev–Trinajstić information content (AvgIpc) is 2.74. The number of aromatic nitrogens is 1. The number of carbonyl (C=O) groups excluding carboxylic acids is 2. The van der Waals surface area contributed by atoms with Gasteiger partial charge in [0, 0.05) is 30.8 Å². The summed E-state index contributed by atoms with van der Waals surface area (Å²) in [6, 6.07) is 11.3. The number of nitrogens with zero attached hydrogens (tertiary/aromatic N) is 1. The minimum absolute atomic E-state index is 0.000903. The minimum Gasteiger partial charge on any atom is -0.489 e. The zero-order valence-electron chi connectivity index (χ0n) is 17.1. The Morgan fingerprint density at radius 1 is 1.03 bits per heavy atom. The van der Waals surface area contributed by atoms with Crippen molar-refractivity contribution in [2.24, 2.45) is 11.8 Å². The maximum absolute atomic E-state index is 12.7. The van der Waals surface area contributed by atoms with Crippen LogP contribution in [0, 0.1) is 11.8 Å². The molecule has 0 spiro atoms. The van der Waals surface area contributed by atoms with Crippen molar-refractivity contribution >= 4 is 17.5 Å². The summed E-state index contributed by atoms with van der Waals surface area (Å²) < 4.78 is 5.77. The van der Waals surface area contributed by atoms with Crippen LogP contribution in [0.4, 0.5) is 5.69 Å². The van der Waals surface area contributed by atoms with Crippen LogP contribution in [0.2, 0.25) is 0 Å². The number of ether oxygens (including phenoxy) is 1. The van der Waals surface area contributed by atoms with Gasteiger partial charge in [0.05, 0.1) is 11.8 Å². The molecule has 0 atom stereocenters. The van der Waals surface area contributed by atoms with E-state index in [4.69, 9.17) is 4.74 Å². The molecule has 154 valence electrons. The lowest BCUT2D eigenvalue weighted by atomic mass is 9.81. The van der Waals surface area contributed by atoms with Crippen molar-refractivity contribution in [3.63, 3.8) is 0 Å². The highest BCUT2D eigenvalue weighted by molar-refractivity contribution is 5.94. The van der Waals surface area contributed by atoms with Gasteiger partial charge >= 0.3 is 0 Å². The summed E-state index contributed by atoms with van der Waals surface area (Å²) >= 11 is 0. The summed E-state index contributed by atoms with van der Waals surface area (Å²) in [5.74, 6) is 0.624. The third kappa shape index (κ3) is 6.04. The predicted molar refractivity (Wildman–Crippen MR) is 112 cm³/mol. The molecule has 1 heterocycles. The fourth-order valence-electron chi connectivity index (χ4n) is 3.62. The Hall–Kier alpha value is -2.89. The highest BCUT2D eigenvalue weighted by Gasteiger charge is 2.30. The summed E-state index contributed by atoms with van der Waals surface area (Å²) in [7, 11) is 0. The van der Waals surface area contributed by atoms with Crippen molar-refractivity contribution < 1.29 is 14.3 Å². The molecule has 6 heteroatoms. The first-order valence-corrected chi connectivity index (χ1v) is 10.3. The van der Waals surface area contributed by atoms with Crippen molar-refractivity contribution in [3.8, 4) is 5.75 Å². The third-order valence-electron chi connectivity index (χ3n) is 5.17. The zero-order valence-corrected chi connectivity index (χ0v) is 17.1. The van der Waals surface area contributed by atoms with E-state index >= 15 is 0 Å². The SMILES string of the molecule is CC(C)Oc1ccccc1NC(=O)C1CCC(C(=O)NCc2cccnc2)CC1. The molecule has 1 aromatic heterocycles. The Morgan fingerprint density at radius 2 is 1.72 bits per heavy atom. The highest BCUT2D eigenvalue weighted by Crippen LogP contribution is 2.31. The van der Waals surface area contributed by atoms with Gasteiger partial charge in [-0.25, -0.2) is 0 Å². The number of nitrogens with one attached hydrogen (secondary N) is 2. The number of para-hydroxylation sites is 2. The largest absolute Gasteiger partial charge is 0.489 e. The molecule has 2 aromatic rings. The van der Waals surface area contributed by atoms with E-state index in [1.54, 1.807) is 12.4 Å². The van der Waals surface area contributed by atoms with Gasteiger partial charge in [-0.05, 0) is 63.3 Å². The Balaban J connectivity index is 1.48. The molecule has 0 saturated heterocycles. The highest BCUT2D eigenvalue weighted by atomic mass is 16.5. The maximum atomic E-state index is 12.7. The second-order valence-corrected chi connectivity index (χ2v) is 7.78. The third-order valence-corrected chi connectivity index (χ3v) is 5.17. The van der Waals surface area contributed by atoms with Crippen LogP contribution in [-0.2, 0) is 16.1 Å². The van der Waals surface area contributed by atoms with E-state index in [0.29, 0.717) is 30.8 Å². The van der Waals surface area contributed by atoms with Crippen LogP contribution in [0.5, 0.6) is 5.75 Å². The smallest absolute Gasteiger partial charge is 0.227 e. The van der Waals surface area contributed by atoms with Crippen LogP contribution in [-0.4, -0.2) is 22.9 Å². The quantitative estimate of drug-likeness (QED) is 0.744. The van der Waals surface area contributed by atoms with Gasteiger partial charge < -0.3 is 15.4 Å². The fraction of sp³-hybridized carbons (Fsp3) is 0.435. The van der Waals surface area contributed by atoms with E-state index in [1.807, 2.05) is 50.2 Å². The molecule has 1 aromatic carbocycles. The lowest BCUT2D eigenvalue weighted by molar-refractivity contribution is -0.128. The normalized spacial score (nSPS) is 18.9. The summed E-state index contributed by atoms with van der Waals surface area (Å²) in [4.78, 5) is 29.2. The number of carbonyl (C=O) groups is 2. The van der Waals surface area contributed by atoms with Crippen LogP contribution < -0.4 is 15.4 Å². The van der Waals surface area contributed by atoms with Crippen molar-refractivity contribution in [2.45, 2.75) is 52.2 Å². The molecular formula is C23H29N3O3. The van der Waals surface area contributed by atoms with Crippen LogP contribution >= 0.6 is 0 Å². The maximum Gasteiger partial charge on any atom is 0.227 e. The van der Waals surface area contributed by atoms with Crippen LogP contribution in [0.1, 0.15) is 45.1 Å². The minimum atomic E-state index is -0.0792. The van der Waals surface area contributed by atoms with E-state index in [-0.39, 0.29) is 29.8 Å². The number of rotatable bonds is 7. The molecule has 3 rings (SSSR count). The van der Waals surface area contributed by atoms with Crippen LogP contribution in [0.3, 0.4) is 0 Å². The molecule has 1 aliphatic rings. The van der Waals surface area contributed by atoms with E-state index in [2.05, 4.69) is 15.6 Å². The van der Waals surface area contributed by atoms with E-state index in [9.17, 15) is 9.59 Å². The molecule has 0 radical (unpaired) electrons. The second kappa shape index (κ2) is 10.0. The lowest BCUT2D eigenvalue weighted by Gasteiger charge is -2.27. The fourth-order valence-corrected chi connectivity index (χ4v) is 3.62. The molecule has 0 unspecified atom stereocenters. The lowest BCUT2D eigenvalue weighted by Crippen LogP contribution is -2.35. The number of hydrogen-bond donors (Lipinski definition) is 2. The number of benzene rings is 1. The van der Waals surface area contributed by atoms with Crippen LogP contribution in [0.15, 0.2) is 48.8 Å². The number of anilines is 1. The number of hydrogen-bond acceptors (Lipinski definition) is 4. The van der Waals surface area contributed by atoms with Crippen LogP contribution in [0.25, 0.3) is 0 Å². The first-order chi connectivity index (χ1) is 14.0. The van der Waals surface area contributed by atoms with Crippen molar-refractivity contribution in [3.05, 3.63) is 54.4 Å². The average molecular weight is 396 g/mol. The number of pyridine rings is 1. The second-order valence-electron chi connectivity index (χ2n) is 7.78. The van der Waals surface area contributed by atoms with Crippen molar-refractivity contribution in [2.75, 3.05) is 5.32 Å². The van der Waals surface area contributed by atoms with Gasteiger partial charge in [0.25, 0.3) is 0 Å². The molecule has 1 saturated carbocycles. The predicted octanol–water partition coefficient (Wildman–Crippen LogP) is 3.93. The van der Waals surface area contributed by atoms with E-state index < -0.39 is 0 Å². The van der Waals surface area contributed by atoms with Gasteiger partial charge in [0.1, 0.15) is 5.75 Å². The molecule has 0 aliphatic heterocycles. The molecule has 29 heavy (non-hydrogen) atoms. The van der Waals surface area contributed by atoms with Crippen molar-refractivity contribution in [1.29, 1.82) is 0 Å². The standard InChI is InChI=1S/C23H29N3O3/c1-16(2)29-21-8-4-3-7-20(21)26-23(28)19-11-9-18(10-12-19)22(27)25-15-17-6-5-13-24-14-17/h3-8,13-14,16,18-19H,9-12,15H2,1-2H3,(H,25,27)(H,26,28). The topological polar surface area (TPSA) is 80.3 Å².